The number of nitrogens with zero attached hydrogens (tertiary/aromatic N) is 7. The van der Waals surface area contributed by atoms with Gasteiger partial charge in [-0.15, -0.1) is 0 Å². The standard InChI is InChI=1S/C29H31FN8O2.C2HF3O2/c1-36-10-12-38(13-11-36)29(40)24-15-23-25(17-32-24)35-28(27(34-23)33-20-3-4-20)37-8-6-19(7-9-37)26(39)21-14-18(16-31)2-5-22(21)30;3-2(4,5)1(6)7/h2,5,14-15,17,19-20H,3-4,6-13H2,1H3,(H,33,34);(H,6,7). The number of aliphatic carboxylic acids is 1. The summed E-state index contributed by atoms with van der Waals surface area (Å²) in [5.41, 5.74) is 1.82. The number of carboxylic acid groups (broad SMARTS) is 1. The molecule has 2 aromatic heterocycles. The molecule has 2 saturated heterocycles. The Kier molecular flexibility index (Phi) is 9.85. The minimum atomic E-state index is -5.08. The molecule has 0 spiro atoms. The van der Waals surface area contributed by atoms with Gasteiger partial charge in [0.05, 0.1) is 28.9 Å². The van der Waals surface area contributed by atoms with Crippen LogP contribution in [0.5, 0.6) is 0 Å². The van der Waals surface area contributed by atoms with E-state index in [9.17, 15) is 27.2 Å². The van der Waals surface area contributed by atoms with Gasteiger partial charge in [0.2, 0.25) is 0 Å². The number of nitrogens with one attached hydrogen (secondary N) is 1. The number of amides is 1. The second-order valence-corrected chi connectivity index (χ2v) is 11.7. The number of carboxylic acids is 1. The highest BCUT2D eigenvalue weighted by molar-refractivity contribution is 5.98. The fraction of sp³-hybridized carbons (Fsp3) is 0.452. The van der Waals surface area contributed by atoms with Gasteiger partial charge in [0, 0.05) is 51.2 Å². The van der Waals surface area contributed by atoms with E-state index in [0.29, 0.717) is 73.4 Å². The summed E-state index contributed by atoms with van der Waals surface area (Å²) in [6, 6.07) is 7.93. The van der Waals surface area contributed by atoms with E-state index in [2.05, 4.69) is 20.1 Å². The van der Waals surface area contributed by atoms with Crippen molar-refractivity contribution in [3.8, 4) is 6.07 Å². The van der Waals surface area contributed by atoms with Crippen LogP contribution in [0.25, 0.3) is 11.0 Å². The van der Waals surface area contributed by atoms with Gasteiger partial charge in [0.15, 0.2) is 17.4 Å². The number of alkyl halides is 3. The number of benzene rings is 1. The van der Waals surface area contributed by atoms with Crippen LogP contribution in [-0.4, -0.2) is 106 Å². The maximum atomic E-state index is 14.4. The molecule has 2 aliphatic heterocycles. The number of anilines is 2. The van der Waals surface area contributed by atoms with Crippen molar-refractivity contribution in [3.05, 3.63) is 53.1 Å². The topological polar surface area (TPSA) is 156 Å². The molecule has 0 bridgehead atoms. The first-order chi connectivity index (χ1) is 22.3. The zero-order valence-electron chi connectivity index (χ0n) is 25.4. The Balaban J connectivity index is 0.000000559. The normalized spacial score (nSPS) is 17.4. The average molecular weight is 657 g/mol. The van der Waals surface area contributed by atoms with Crippen molar-refractivity contribution in [1.82, 2.24) is 24.8 Å². The Bertz CT molecular complexity index is 1710. The molecule has 3 fully saturated rings. The Morgan fingerprint density at radius 3 is 2.23 bits per heavy atom. The molecule has 6 rings (SSSR count). The van der Waals surface area contributed by atoms with Gasteiger partial charge >= 0.3 is 12.1 Å². The number of piperazine rings is 1. The van der Waals surface area contributed by atoms with Crippen LogP contribution in [0.2, 0.25) is 0 Å². The number of piperidine rings is 1. The highest BCUT2D eigenvalue weighted by Crippen LogP contribution is 2.34. The molecular weight excluding hydrogens is 624 g/mol. The van der Waals surface area contributed by atoms with Crippen LogP contribution in [0.4, 0.5) is 29.2 Å². The number of halogens is 4. The monoisotopic (exact) mass is 656 g/mol. The van der Waals surface area contributed by atoms with Gasteiger partial charge in [-0.25, -0.2) is 24.1 Å². The molecule has 1 amide bonds. The summed E-state index contributed by atoms with van der Waals surface area (Å²) in [6.07, 6.45) is -0.279. The lowest BCUT2D eigenvalue weighted by molar-refractivity contribution is -0.192. The summed E-state index contributed by atoms with van der Waals surface area (Å²) < 4.78 is 46.1. The number of hydrogen-bond donors (Lipinski definition) is 2. The molecule has 4 heterocycles. The lowest BCUT2D eigenvalue weighted by atomic mass is 9.88. The first kappa shape index (κ1) is 33.5. The van der Waals surface area contributed by atoms with Crippen LogP contribution in [0.3, 0.4) is 0 Å². The van der Waals surface area contributed by atoms with Gasteiger partial charge in [0.25, 0.3) is 5.91 Å². The number of Topliss-reactive ketones (excluding diaryl/α,β-unsaturated/α-hetero) is 1. The van der Waals surface area contributed by atoms with E-state index in [1.54, 1.807) is 12.3 Å². The van der Waals surface area contributed by atoms with Crippen LogP contribution in [-0.2, 0) is 4.79 Å². The van der Waals surface area contributed by atoms with E-state index < -0.39 is 18.0 Å². The molecule has 47 heavy (non-hydrogen) atoms. The molecule has 0 atom stereocenters. The molecule has 0 radical (unpaired) electrons. The van der Waals surface area contributed by atoms with Crippen molar-refractivity contribution in [2.24, 2.45) is 5.92 Å². The van der Waals surface area contributed by atoms with Crippen LogP contribution in [0, 0.1) is 23.1 Å². The quantitative estimate of drug-likeness (QED) is 0.295. The number of fused-ring (bicyclic) bond motifs is 1. The lowest BCUT2D eigenvalue weighted by Gasteiger charge is -2.33. The molecule has 0 unspecified atom stereocenters. The number of likely N-dealkylation sites (N-methyl/N-ethyl adjacent to an activating group) is 1. The van der Waals surface area contributed by atoms with Gasteiger partial charge in [-0.05, 0) is 57.0 Å². The van der Waals surface area contributed by atoms with Crippen molar-refractivity contribution in [2.75, 3.05) is 56.5 Å². The number of pyridine rings is 1. The Hall–Kier alpha value is -4.91. The number of aromatic nitrogens is 3. The third-order valence-corrected chi connectivity index (χ3v) is 8.23. The van der Waals surface area contributed by atoms with Gasteiger partial charge in [-0.1, -0.05) is 0 Å². The van der Waals surface area contributed by atoms with Gasteiger partial charge in [-0.3, -0.25) is 9.59 Å². The second-order valence-electron chi connectivity index (χ2n) is 11.7. The van der Waals surface area contributed by atoms with E-state index in [4.69, 9.17) is 25.1 Å². The van der Waals surface area contributed by atoms with Crippen LogP contribution < -0.4 is 10.2 Å². The predicted octanol–water partition coefficient (Wildman–Crippen LogP) is 3.73. The minimum absolute atomic E-state index is 0.0212. The average Bonchev–Trinajstić information content (AvgIpc) is 3.88. The van der Waals surface area contributed by atoms with E-state index in [0.717, 1.165) is 25.9 Å². The molecular formula is C31H32F4N8O4. The van der Waals surface area contributed by atoms with E-state index in [1.807, 2.05) is 18.0 Å². The number of ketones is 1. The molecule has 12 nitrogen and oxygen atoms in total. The second kappa shape index (κ2) is 13.8. The Labute approximate surface area is 267 Å². The zero-order valence-corrected chi connectivity index (χ0v) is 25.4. The predicted molar refractivity (Wildman–Crippen MR) is 161 cm³/mol. The number of hydrogen-bond acceptors (Lipinski definition) is 10. The van der Waals surface area contributed by atoms with Crippen LogP contribution >= 0.6 is 0 Å². The van der Waals surface area contributed by atoms with Gasteiger partial charge in [0.1, 0.15) is 17.0 Å². The largest absolute Gasteiger partial charge is 0.490 e. The van der Waals surface area contributed by atoms with Gasteiger partial charge < -0.3 is 25.1 Å². The van der Waals surface area contributed by atoms with Crippen molar-refractivity contribution >= 4 is 40.3 Å². The number of carbonyl (C=O) groups excluding carboxylic acids is 2. The fourth-order valence-electron chi connectivity index (χ4n) is 5.33. The summed E-state index contributed by atoms with van der Waals surface area (Å²) >= 11 is 0. The maximum absolute atomic E-state index is 14.4. The fourth-order valence-corrected chi connectivity index (χ4v) is 5.33. The maximum Gasteiger partial charge on any atom is 0.490 e. The van der Waals surface area contributed by atoms with E-state index >= 15 is 0 Å². The first-order valence-electron chi connectivity index (χ1n) is 15.0. The summed E-state index contributed by atoms with van der Waals surface area (Å²) in [5.74, 6) is -2.69. The molecule has 248 valence electrons. The summed E-state index contributed by atoms with van der Waals surface area (Å²) in [6.45, 7) is 4.13. The molecule has 16 heteroatoms. The molecule has 3 aromatic rings. The highest BCUT2D eigenvalue weighted by Gasteiger charge is 2.38. The minimum Gasteiger partial charge on any atom is -0.475 e. The number of nitriles is 1. The SMILES string of the molecule is CN1CCN(C(=O)c2cc3nc(NC4CC4)c(N4CCC(C(=O)c5cc(C#N)ccc5F)CC4)nc3cn2)CC1.O=C(O)C(F)(F)F. The van der Waals surface area contributed by atoms with Crippen molar-refractivity contribution < 1.29 is 37.1 Å². The molecule has 1 saturated carbocycles. The third kappa shape index (κ3) is 8.09. The number of carbonyl (C=O) groups is 3. The van der Waals surface area contributed by atoms with E-state index in [1.165, 1.54) is 18.2 Å². The molecule has 1 aliphatic carbocycles. The van der Waals surface area contributed by atoms with Crippen LogP contribution in [0.15, 0.2) is 30.5 Å². The zero-order chi connectivity index (χ0) is 33.9. The molecule has 2 N–H and O–H groups in total. The Morgan fingerprint density at radius 1 is 0.979 bits per heavy atom. The molecule has 3 aliphatic rings. The van der Waals surface area contributed by atoms with Gasteiger partial charge in [-0.2, -0.15) is 18.4 Å². The summed E-state index contributed by atoms with van der Waals surface area (Å²) in [4.78, 5) is 55.4. The Morgan fingerprint density at radius 2 is 1.64 bits per heavy atom. The third-order valence-electron chi connectivity index (χ3n) is 8.23. The highest BCUT2D eigenvalue weighted by atomic mass is 19.4. The molecule has 1 aromatic carbocycles. The van der Waals surface area contributed by atoms with E-state index in [-0.39, 0.29) is 28.7 Å². The lowest BCUT2D eigenvalue weighted by Crippen LogP contribution is -2.47. The van der Waals surface area contributed by atoms with Crippen LogP contribution in [0.1, 0.15) is 52.1 Å². The summed E-state index contributed by atoms with van der Waals surface area (Å²) in [7, 11) is 2.05. The first-order valence-corrected chi connectivity index (χ1v) is 15.0. The van der Waals surface area contributed by atoms with Crippen molar-refractivity contribution in [3.63, 3.8) is 0 Å². The van der Waals surface area contributed by atoms with Crippen molar-refractivity contribution in [2.45, 2.75) is 37.9 Å². The number of rotatable bonds is 6. The smallest absolute Gasteiger partial charge is 0.475 e. The van der Waals surface area contributed by atoms with Crippen molar-refractivity contribution in [1.29, 1.82) is 5.26 Å². The summed E-state index contributed by atoms with van der Waals surface area (Å²) in [5, 5.41) is 19.8.